The van der Waals surface area contributed by atoms with Gasteiger partial charge in [-0.25, -0.2) is 8.42 Å². The highest BCUT2D eigenvalue weighted by Gasteiger charge is 2.47. The van der Waals surface area contributed by atoms with Crippen molar-refractivity contribution >= 4 is 15.7 Å². The van der Waals surface area contributed by atoms with Crippen molar-refractivity contribution in [3.63, 3.8) is 0 Å². The molecule has 1 aromatic carbocycles. The lowest BCUT2D eigenvalue weighted by Crippen LogP contribution is -2.59. The molecule has 4 rings (SSSR count). The van der Waals surface area contributed by atoms with Crippen LogP contribution in [0.1, 0.15) is 10.4 Å². The normalized spacial score (nSPS) is 24.6. The molecule has 0 spiro atoms. The number of aromatic amines is 1. The van der Waals surface area contributed by atoms with E-state index in [0.29, 0.717) is 30.1 Å². The first-order valence-corrected chi connectivity index (χ1v) is 10.6. The number of carbonyl (C=O) groups is 1. The zero-order valence-electron chi connectivity index (χ0n) is 15.3. The van der Waals surface area contributed by atoms with Gasteiger partial charge in [-0.3, -0.25) is 14.8 Å². The molecule has 0 saturated carbocycles. The molecule has 2 atom stereocenters. The van der Waals surface area contributed by atoms with Crippen molar-refractivity contribution in [3.05, 3.63) is 36.0 Å². The van der Waals surface area contributed by atoms with Crippen LogP contribution in [0, 0.1) is 0 Å². The molecular formula is C18H22N4O4S. The van der Waals surface area contributed by atoms with Crippen LogP contribution in [0.4, 0.5) is 0 Å². The number of nitrogens with zero attached hydrogens (tertiary/aromatic N) is 3. The Kier molecular flexibility index (Phi) is 4.43. The Labute approximate surface area is 158 Å². The average molecular weight is 390 g/mol. The molecule has 1 amide bonds. The van der Waals surface area contributed by atoms with Gasteiger partial charge in [0.2, 0.25) is 0 Å². The number of benzene rings is 1. The lowest BCUT2D eigenvalue weighted by atomic mass is 10.0. The van der Waals surface area contributed by atoms with E-state index in [1.165, 1.54) is 6.20 Å². The molecule has 2 aliphatic heterocycles. The number of methoxy groups -OCH3 is 1. The highest BCUT2D eigenvalue weighted by Crippen LogP contribution is 2.30. The molecule has 1 aromatic heterocycles. The number of amides is 1. The third kappa shape index (κ3) is 3.21. The lowest BCUT2D eigenvalue weighted by Gasteiger charge is -2.42. The summed E-state index contributed by atoms with van der Waals surface area (Å²) in [6, 6.07) is 6.90. The highest BCUT2D eigenvalue weighted by atomic mass is 32.2. The molecule has 2 aromatic rings. The fourth-order valence-corrected chi connectivity index (χ4v) is 6.04. The molecule has 8 nitrogen and oxygen atoms in total. The number of aromatic nitrogens is 2. The molecule has 1 N–H and O–H groups in total. The summed E-state index contributed by atoms with van der Waals surface area (Å²) < 4.78 is 29.6. The first-order valence-electron chi connectivity index (χ1n) is 8.79. The molecule has 0 radical (unpaired) electrons. The van der Waals surface area contributed by atoms with Crippen LogP contribution in [0.5, 0.6) is 5.75 Å². The molecule has 0 aliphatic carbocycles. The Morgan fingerprint density at radius 2 is 2.04 bits per heavy atom. The van der Waals surface area contributed by atoms with Crippen molar-refractivity contribution in [2.45, 2.75) is 12.1 Å². The molecule has 2 saturated heterocycles. The van der Waals surface area contributed by atoms with Gasteiger partial charge in [-0.2, -0.15) is 5.10 Å². The Morgan fingerprint density at radius 1 is 1.26 bits per heavy atom. The largest absolute Gasteiger partial charge is 0.497 e. The number of carbonyl (C=O) groups excluding carboxylic acids is 1. The first kappa shape index (κ1) is 18.0. The van der Waals surface area contributed by atoms with Crippen LogP contribution in [-0.2, 0) is 9.84 Å². The van der Waals surface area contributed by atoms with Crippen LogP contribution in [0.3, 0.4) is 0 Å². The van der Waals surface area contributed by atoms with Gasteiger partial charge >= 0.3 is 0 Å². The van der Waals surface area contributed by atoms with E-state index in [-0.39, 0.29) is 29.5 Å². The van der Waals surface area contributed by atoms with E-state index in [1.54, 1.807) is 12.0 Å². The number of nitrogens with one attached hydrogen (secondary N) is 1. The van der Waals surface area contributed by atoms with Crippen molar-refractivity contribution < 1.29 is 17.9 Å². The number of hydrogen-bond acceptors (Lipinski definition) is 6. The Morgan fingerprint density at radius 3 is 2.81 bits per heavy atom. The van der Waals surface area contributed by atoms with Crippen molar-refractivity contribution in [2.75, 3.05) is 38.8 Å². The fourth-order valence-electron chi connectivity index (χ4n) is 3.98. The van der Waals surface area contributed by atoms with Crippen LogP contribution >= 0.6 is 0 Å². The van der Waals surface area contributed by atoms with Crippen LogP contribution in [-0.4, -0.2) is 85.2 Å². The zero-order valence-corrected chi connectivity index (χ0v) is 16.1. The van der Waals surface area contributed by atoms with E-state index < -0.39 is 9.84 Å². The van der Waals surface area contributed by atoms with E-state index in [2.05, 4.69) is 10.2 Å². The van der Waals surface area contributed by atoms with Crippen LogP contribution < -0.4 is 4.74 Å². The summed E-state index contributed by atoms with van der Waals surface area (Å²) in [4.78, 5) is 17.0. The van der Waals surface area contributed by atoms with Gasteiger partial charge in [-0.05, 0) is 19.2 Å². The molecule has 9 heteroatoms. The van der Waals surface area contributed by atoms with E-state index in [0.717, 1.165) is 5.56 Å². The van der Waals surface area contributed by atoms with Gasteiger partial charge in [0, 0.05) is 24.7 Å². The fraction of sp³-hybridized carbons (Fsp3) is 0.444. The van der Waals surface area contributed by atoms with Gasteiger partial charge in [0.05, 0.1) is 42.1 Å². The Hall–Kier alpha value is -2.39. The van der Waals surface area contributed by atoms with Gasteiger partial charge in [-0.1, -0.05) is 12.1 Å². The predicted octanol–water partition coefficient (Wildman–Crippen LogP) is 0.639. The predicted molar refractivity (Wildman–Crippen MR) is 100 cm³/mol. The van der Waals surface area contributed by atoms with Gasteiger partial charge < -0.3 is 9.64 Å². The number of rotatable bonds is 3. The summed E-state index contributed by atoms with van der Waals surface area (Å²) in [5.74, 6) is 0.607. The third-order valence-electron chi connectivity index (χ3n) is 5.44. The summed E-state index contributed by atoms with van der Waals surface area (Å²) in [5, 5.41) is 6.95. The number of fused-ring (bicyclic) bond motifs is 1. The standard InChI is InChI=1S/C18H22N4O4S/c1-21-6-7-22(16-11-27(24,25)10-15(16)21)18(23)14-9-19-20-17(14)12-4-3-5-13(8-12)26-2/h3-5,8-9,15-16H,6-7,10-11H2,1-2H3,(H,19,20)/t15-,16+/m1/s1. The maximum Gasteiger partial charge on any atom is 0.258 e. The Balaban J connectivity index is 1.67. The summed E-state index contributed by atoms with van der Waals surface area (Å²) >= 11 is 0. The maximum atomic E-state index is 13.3. The quantitative estimate of drug-likeness (QED) is 0.826. The molecular weight excluding hydrogens is 368 g/mol. The van der Waals surface area contributed by atoms with Gasteiger partial charge in [0.1, 0.15) is 5.75 Å². The molecule has 2 aliphatic rings. The first-order chi connectivity index (χ1) is 12.9. The number of sulfone groups is 1. The molecule has 0 unspecified atom stereocenters. The van der Waals surface area contributed by atoms with Crippen LogP contribution in [0.25, 0.3) is 11.3 Å². The molecule has 144 valence electrons. The topological polar surface area (TPSA) is 95.6 Å². The highest BCUT2D eigenvalue weighted by molar-refractivity contribution is 7.91. The number of hydrogen-bond donors (Lipinski definition) is 1. The Bertz CT molecular complexity index is 971. The van der Waals surface area contributed by atoms with Crippen LogP contribution in [0.15, 0.2) is 30.5 Å². The van der Waals surface area contributed by atoms with Crippen molar-refractivity contribution in [2.24, 2.45) is 0 Å². The second-order valence-corrected chi connectivity index (χ2v) is 9.24. The van der Waals surface area contributed by atoms with E-state index in [9.17, 15) is 13.2 Å². The summed E-state index contributed by atoms with van der Waals surface area (Å²) in [6.45, 7) is 1.14. The van der Waals surface area contributed by atoms with Crippen molar-refractivity contribution in [3.8, 4) is 17.0 Å². The maximum absolute atomic E-state index is 13.3. The zero-order chi connectivity index (χ0) is 19.2. The third-order valence-corrected chi connectivity index (χ3v) is 7.14. The minimum Gasteiger partial charge on any atom is -0.497 e. The smallest absolute Gasteiger partial charge is 0.258 e. The SMILES string of the molecule is COc1cccc(-c2[nH]ncc2C(=O)N2CCN(C)[C@@H]3CS(=O)(=O)C[C@@H]32)c1. The summed E-state index contributed by atoms with van der Waals surface area (Å²) in [7, 11) is 0.359. The minimum absolute atomic E-state index is 0.0140. The van der Waals surface area contributed by atoms with Gasteiger partial charge in [0.25, 0.3) is 5.91 Å². The van der Waals surface area contributed by atoms with Crippen LogP contribution in [0.2, 0.25) is 0 Å². The summed E-state index contributed by atoms with van der Waals surface area (Å²) in [6.07, 6.45) is 1.51. The second kappa shape index (κ2) is 6.65. The molecule has 27 heavy (non-hydrogen) atoms. The van der Waals surface area contributed by atoms with E-state index in [4.69, 9.17) is 4.74 Å². The minimum atomic E-state index is -3.14. The van der Waals surface area contributed by atoms with E-state index in [1.807, 2.05) is 36.2 Å². The van der Waals surface area contributed by atoms with Crippen molar-refractivity contribution in [1.29, 1.82) is 0 Å². The van der Waals surface area contributed by atoms with Gasteiger partial charge in [0.15, 0.2) is 9.84 Å². The second-order valence-electron chi connectivity index (χ2n) is 7.08. The van der Waals surface area contributed by atoms with Crippen molar-refractivity contribution in [1.82, 2.24) is 20.0 Å². The monoisotopic (exact) mass is 390 g/mol. The van der Waals surface area contributed by atoms with E-state index >= 15 is 0 Å². The lowest BCUT2D eigenvalue weighted by molar-refractivity contribution is 0.0410. The number of ether oxygens (including phenoxy) is 1. The average Bonchev–Trinajstić information content (AvgIpc) is 3.26. The summed E-state index contributed by atoms with van der Waals surface area (Å²) in [5.41, 5.74) is 1.84. The van der Waals surface area contributed by atoms with Gasteiger partial charge in [-0.15, -0.1) is 0 Å². The number of piperazine rings is 1. The molecule has 2 fully saturated rings. The molecule has 0 bridgehead atoms. The molecule has 3 heterocycles. The number of likely N-dealkylation sites (N-methyl/N-ethyl adjacent to an activating group) is 1. The number of H-pyrrole nitrogens is 1.